The SMILES string of the molecule is CC(CON)SCC1=C(C(=O)O)N2C(=O)C(C(C)O)C2C1. The Morgan fingerprint density at radius 1 is 1.57 bits per heavy atom. The predicted molar refractivity (Wildman–Crippen MR) is 77.1 cm³/mol. The molecule has 0 aromatic rings. The molecule has 4 N–H and O–H groups in total. The number of hydrogen-bond donors (Lipinski definition) is 3. The molecule has 1 amide bonds. The number of hydrogen-bond acceptors (Lipinski definition) is 6. The first-order chi connectivity index (χ1) is 9.88. The second-order valence-electron chi connectivity index (χ2n) is 5.46. The number of aliphatic hydroxyl groups excluding tert-OH is 1. The summed E-state index contributed by atoms with van der Waals surface area (Å²) in [6, 6.07) is -0.222. The lowest BCUT2D eigenvalue weighted by atomic mass is 9.83. The van der Waals surface area contributed by atoms with Crippen molar-refractivity contribution in [3.05, 3.63) is 11.3 Å². The first kappa shape index (κ1) is 16.3. The monoisotopic (exact) mass is 316 g/mol. The summed E-state index contributed by atoms with van der Waals surface area (Å²) in [5.74, 6) is 3.64. The van der Waals surface area contributed by atoms with Crippen LogP contribution in [0.3, 0.4) is 0 Å². The lowest BCUT2D eigenvalue weighted by Crippen LogP contribution is -2.61. The molecule has 21 heavy (non-hydrogen) atoms. The van der Waals surface area contributed by atoms with E-state index >= 15 is 0 Å². The van der Waals surface area contributed by atoms with E-state index in [1.165, 1.54) is 16.7 Å². The summed E-state index contributed by atoms with van der Waals surface area (Å²) in [5.41, 5.74) is 0.813. The van der Waals surface area contributed by atoms with E-state index in [0.717, 1.165) is 5.57 Å². The Kier molecular flexibility index (Phi) is 4.92. The smallest absolute Gasteiger partial charge is 0.352 e. The van der Waals surface area contributed by atoms with Gasteiger partial charge < -0.3 is 20.0 Å². The van der Waals surface area contributed by atoms with E-state index < -0.39 is 18.0 Å². The molecular formula is C13H20N2O5S. The lowest BCUT2D eigenvalue weighted by molar-refractivity contribution is -0.161. The first-order valence-corrected chi connectivity index (χ1v) is 7.83. The fraction of sp³-hybridized carbons (Fsp3) is 0.692. The number of aliphatic carboxylic acids is 1. The maximum absolute atomic E-state index is 12.0. The zero-order valence-electron chi connectivity index (χ0n) is 12.0. The number of carboxylic acid groups (broad SMARTS) is 1. The summed E-state index contributed by atoms with van der Waals surface area (Å²) >= 11 is 1.54. The van der Waals surface area contributed by atoms with E-state index in [4.69, 9.17) is 5.90 Å². The van der Waals surface area contributed by atoms with Gasteiger partial charge in [-0.15, -0.1) is 0 Å². The number of carbonyl (C=O) groups excluding carboxylic acids is 1. The molecule has 2 aliphatic rings. The highest BCUT2D eigenvalue weighted by Crippen LogP contribution is 2.44. The second-order valence-corrected chi connectivity index (χ2v) is 6.89. The summed E-state index contributed by atoms with van der Waals surface area (Å²) in [6.07, 6.45) is -0.253. The highest BCUT2D eigenvalue weighted by Gasteiger charge is 2.56. The Balaban J connectivity index is 2.10. The Bertz CT molecular complexity index is 479. The number of carboxylic acids is 1. The van der Waals surface area contributed by atoms with Crippen molar-refractivity contribution in [1.82, 2.24) is 4.90 Å². The molecule has 118 valence electrons. The van der Waals surface area contributed by atoms with Crippen molar-refractivity contribution in [3.8, 4) is 0 Å². The summed E-state index contributed by atoms with van der Waals surface area (Å²) in [5, 5.41) is 19.1. The number of thioether (sulfide) groups is 1. The molecule has 0 spiro atoms. The number of β-lactam (4-membered cyclic amide) rings is 1. The molecule has 2 heterocycles. The number of fused-ring (bicyclic) bond motifs is 1. The van der Waals surface area contributed by atoms with E-state index in [0.29, 0.717) is 18.8 Å². The largest absolute Gasteiger partial charge is 0.477 e. The second kappa shape index (κ2) is 6.35. The maximum atomic E-state index is 12.0. The van der Waals surface area contributed by atoms with Crippen LogP contribution in [0.5, 0.6) is 0 Å². The maximum Gasteiger partial charge on any atom is 0.352 e. The van der Waals surface area contributed by atoms with Gasteiger partial charge >= 0.3 is 5.97 Å². The molecule has 1 fully saturated rings. The first-order valence-electron chi connectivity index (χ1n) is 6.78. The predicted octanol–water partition coefficient (Wildman–Crippen LogP) is -0.0514. The van der Waals surface area contributed by atoms with Crippen LogP contribution in [-0.2, 0) is 14.4 Å². The number of amides is 1. The number of rotatable bonds is 7. The van der Waals surface area contributed by atoms with Crippen LogP contribution in [-0.4, -0.2) is 56.7 Å². The number of nitrogens with zero attached hydrogens (tertiary/aromatic N) is 1. The summed E-state index contributed by atoms with van der Waals surface area (Å²) in [4.78, 5) is 29.3. The van der Waals surface area contributed by atoms with Crippen LogP contribution in [0.2, 0.25) is 0 Å². The fourth-order valence-corrected chi connectivity index (χ4v) is 3.83. The zero-order chi connectivity index (χ0) is 15.7. The molecule has 0 saturated carbocycles. The third-order valence-electron chi connectivity index (χ3n) is 3.90. The summed E-state index contributed by atoms with van der Waals surface area (Å²) in [7, 11) is 0. The lowest BCUT2D eigenvalue weighted by Gasteiger charge is -2.44. The van der Waals surface area contributed by atoms with Crippen molar-refractivity contribution >= 4 is 23.6 Å². The van der Waals surface area contributed by atoms with Crippen LogP contribution in [0.1, 0.15) is 20.3 Å². The summed E-state index contributed by atoms with van der Waals surface area (Å²) in [6.45, 7) is 3.88. The molecule has 0 radical (unpaired) electrons. The van der Waals surface area contributed by atoms with Crippen LogP contribution in [0.4, 0.5) is 0 Å². The van der Waals surface area contributed by atoms with Crippen molar-refractivity contribution in [2.45, 2.75) is 37.7 Å². The molecule has 8 heteroatoms. The molecule has 0 aliphatic carbocycles. The van der Waals surface area contributed by atoms with Crippen LogP contribution >= 0.6 is 11.8 Å². The minimum Gasteiger partial charge on any atom is -0.477 e. The van der Waals surface area contributed by atoms with Gasteiger partial charge in [0, 0.05) is 11.0 Å². The Labute approximate surface area is 127 Å². The normalized spacial score (nSPS) is 27.4. The van der Waals surface area contributed by atoms with Crippen LogP contribution in [0.25, 0.3) is 0 Å². The van der Waals surface area contributed by atoms with E-state index in [1.54, 1.807) is 6.92 Å². The Morgan fingerprint density at radius 2 is 2.24 bits per heavy atom. The number of carbonyl (C=O) groups is 2. The van der Waals surface area contributed by atoms with Gasteiger partial charge in [-0.2, -0.15) is 11.8 Å². The average molecular weight is 316 g/mol. The van der Waals surface area contributed by atoms with Gasteiger partial charge in [-0.1, -0.05) is 6.92 Å². The third-order valence-corrected chi connectivity index (χ3v) is 5.12. The minimum absolute atomic E-state index is 0.0790. The van der Waals surface area contributed by atoms with Gasteiger partial charge in [0.05, 0.1) is 24.7 Å². The molecule has 4 atom stereocenters. The zero-order valence-corrected chi connectivity index (χ0v) is 12.8. The van der Waals surface area contributed by atoms with Crippen LogP contribution < -0.4 is 5.90 Å². The average Bonchev–Trinajstić information content (AvgIpc) is 2.70. The van der Waals surface area contributed by atoms with E-state index in [1.807, 2.05) is 6.92 Å². The van der Waals surface area contributed by atoms with Crippen molar-refractivity contribution < 1.29 is 24.6 Å². The molecule has 1 saturated heterocycles. The van der Waals surface area contributed by atoms with Gasteiger partial charge in [0.15, 0.2) is 0 Å². The molecule has 2 aliphatic heterocycles. The third kappa shape index (κ3) is 2.94. The fourth-order valence-electron chi connectivity index (χ4n) is 2.92. The number of nitrogens with two attached hydrogens (primary N) is 1. The molecule has 0 aromatic carbocycles. The topological polar surface area (TPSA) is 113 Å². The molecule has 0 aromatic heterocycles. The Morgan fingerprint density at radius 3 is 2.76 bits per heavy atom. The van der Waals surface area contributed by atoms with Gasteiger partial charge in [-0.3, -0.25) is 4.79 Å². The summed E-state index contributed by atoms with van der Waals surface area (Å²) < 4.78 is 0. The Hall–Kier alpha value is -1.09. The van der Waals surface area contributed by atoms with Gasteiger partial charge in [0.1, 0.15) is 5.70 Å². The molecule has 4 unspecified atom stereocenters. The van der Waals surface area contributed by atoms with E-state index in [2.05, 4.69) is 4.84 Å². The molecule has 2 rings (SSSR count). The number of aliphatic hydroxyl groups is 1. The van der Waals surface area contributed by atoms with Gasteiger partial charge in [-0.25, -0.2) is 10.7 Å². The van der Waals surface area contributed by atoms with Gasteiger partial charge in [-0.05, 0) is 18.9 Å². The van der Waals surface area contributed by atoms with E-state index in [-0.39, 0.29) is 22.9 Å². The van der Waals surface area contributed by atoms with Crippen molar-refractivity contribution in [2.75, 3.05) is 12.4 Å². The van der Waals surface area contributed by atoms with E-state index in [9.17, 15) is 19.8 Å². The highest BCUT2D eigenvalue weighted by molar-refractivity contribution is 8.00. The van der Waals surface area contributed by atoms with Crippen LogP contribution in [0.15, 0.2) is 11.3 Å². The van der Waals surface area contributed by atoms with Gasteiger partial charge in [0.2, 0.25) is 5.91 Å². The van der Waals surface area contributed by atoms with Crippen molar-refractivity contribution in [2.24, 2.45) is 11.8 Å². The molecule has 7 nitrogen and oxygen atoms in total. The highest BCUT2D eigenvalue weighted by atomic mass is 32.2. The van der Waals surface area contributed by atoms with Crippen molar-refractivity contribution in [1.29, 1.82) is 0 Å². The van der Waals surface area contributed by atoms with Crippen molar-refractivity contribution in [3.63, 3.8) is 0 Å². The quantitative estimate of drug-likeness (QED) is 0.446. The minimum atomic E-state index is -1.09. The van der Waals surface area contributed by atoms with Gasteiger partial charge in [0.25, 0.3) is 0 Å². The molecule has 0 bridgehead atoms. The standard InChI is InChI=1S/C13H20N2O5S/c1-6(4-20-14)21-5-8-3-9-10(7(2)16)12(17)15(9)11(8)13(18)19/h6-7,9-10,16H,3-5,14H2,1-2H3,(H,18,19). The molecular weight excluding hydrogens is 296 g/mol. The van der Waals surface area contributed by atoms with Crippen LogP contribution in [0, 0.1) is 5.92 Å².